The van der Waals surface area contributed by atoms with Crippen LogP contribution in [0.2, 0.25) is 0 Å². The SMILES string of the molecule is CNC(=O)c1ccc(=O)n(CCC(=O)N2CCOCC2)c1. The fraction of sp³-hybridized carbons (Fsp3) is 0.500. The van der Waals surface area contributed by atoms with Gasteiger partial charge in [-0.05, 0) is 6.07 Å². The second-order valence-corrected chi connectivity index (χ2v) is 4.77. The Bertz CT molecular complexity index is 576. The zero-order chi connectivity index (χ0) is 15.2. The maximum absolute atomic E-state index is 12.0. The predicted molar refractivity (Wildman–Crippen MR) is 76.1 cm³/mol. The molecule has 7 nitrogen and oxygen atoms in total. The van der Waals surface area contributed by atoms with Crippen molar-refractivity contribution < 1.29 is 14.3 Å². The van der Waals surface area contributed by atoms with Gasteiger partial charge in [0.05, 0.1) is 18.8 Å². The van der Waals surface area contributed by atoms with E-state index >= 15 is 0 Å². The molecule has 2 heterocycles. The summed E-state index contributed by atoms with van der Waals surface area (Å²) in [5, 5.41) is 2.50. The minimum absolute atomic E-state index is 0.00412. The summed E-state index contributed by atoms with van der Waals surface area (Å²) in [6, 6.07) is 2.81. The zero-order valence-corrected chi connectivity index (χ0v) is 12.0. The largest absolute Gasteiger partial charge is 0.378 e. The van der Waals surface area contributed by atoms with Crippen LogP contribution in [0.3, 0.4) is 0 Å². The molecule has 0 atom stereocenters. The number of rotatable bonds is 4. The van der Waals surface area contributed by atoms with Crippen LogP contribution in [0.25, 0.3) is 0 Å². The van der Waals surface area contributed by atoms with Gasteiger partial charge >= 0.3 is 0 Å². The molecular formula is C14H19N3O4. The first kappa shape index (κ1) is 15.2. The topological polar surface area (TPSA) is 80.6 Å². The lowest BCUT2D eigenvalue weighted by Gasteiger charge is -2.26. The summed E-state index contributed by atoms with van der Waals surface area (Å²) in [5.41, 5.74) is 0.174. The number of ether oxygens (including phenoxy) is 1. The lowest BCUT2D eigenvalue weighted by atomic mass is 10.2. The summed E-state index contributed by atoms with van der Waals surface area (Å²) in [5.74, 6) is -0.265. The van der Waals surface area contributed by atoms with Crippen molar-refractivity contribution in [2.24, 2.45) is 0 Å². The average molecular weight is 293 g/mol. The molecule has 1 aliphatic rings. The Hall–Kier alpha value is -2.15. The average Bonchev–Trinajstić information content (AvgIpc) is 2.53. The van der Waals surface area contributed by atoms with Gasteiger partial charge in [0.15, 0.2) is 0 Å². The van der Waals surface area contributed by atoms with E-state index in [1.165, 1.54) is 29.9 Å². The van der Waals surface area contributed by atoms with E-state index in [-0.39, 0.29) is 30.3 Å². The molecule has 1 aromatic heterocycles. The fourth-order valence-electron chi connectivity index (χ4n) is 2.17. The summed E-state index contributed by atoms with van der Waals surface area (Å²) in [6.45, 7) is 2.55. The minimum Gasteiger partial charge on any atom is -0.378 e. The van der Waals surface area contributed by atoms with E-state index < -0.39 is 0 Å². The molecule has 0 saturated carbocycles. The highest BCUT2D eigenvalue weighted by Crippen LogP contribution is 2.02. The number of aryl methyl sites for hydroxylation is 1. The van der Waals surface area contributed by atoms with Gasteiger partial charge in [-0.1, -0.05) is 0 Å². The highest BCUT2D eigenvalue weighted by Gasteiger charge is 2.16. The summed E-state index contributed by atoms with van der Waals surface area (Å²) in [4.78, 5) is 37.1. The minimum atomic E-state index is -0.261. The lowest BCUT2D eigenvalue weighted by molar-refractivity contribution is -0.135. The normalized spacial score (nSPS) is 14.8. The van der Waals surface area contributed by atoms with Gasteiger partial charge in [-0.3, -0.25) is 14.4 Å². The number of nitrogens with one attached hydrogen (secondary N) is 1. The second kappa shape index (κ2) is 7.03. The molecule has 1 aromatic rings. The van der Waals surface area contributed by atoms with Gasteiger partial charge in [0.1, 0.15) is 0 Å². The van der Waals surface area contributed by atoms with Crippen LogP contribution in [0.5, 0.6) is 0 Å². The molecular weight excluding hydrogens is 274 g/mol. The molecule has 7 heteroatoms. The molecule has 2 rings (SSSR count). The summed E-state index contributed by atoms with van der Waals surface area (Å²) < 4.78 is 6.58. The molecule has 0 radical (unpaired) electrons. The van der Waals surface area contributed by atoms with Gasteiger partial charge in [0.25, 0.3) is 11.5 Å². The second-order valence-electron chi connectivity index (χ2n) is 4.77. The van der Waals surface area contributed by atoms with E-state index in [0.29, 0.717) is 31.9 Å². The highest BCUT2D eigenvalue weighted by atomic mass is 16.5. The molecule has 21 heavy (non-hydrogen) atoms. The van der Waals surface area contributed by atoms with Crippen molar-refractivity contribution in [2.75, 3.05) is 33.4 Å². The van der Waals surface area contributed by atoms with E-state index in [4.69, 9.17) is 4.74 Å². The van der Waals surface area contributed by atoms with Crippen molar-refractivity contribution in [2.45, 2.75) is 13.0 Å². The summed E-state index contributed by atoms with van der Waals surface area (Å²) in [7, 11) is 1.53. The fourth-order valence-corrected chi connectivity index (χ4v) is 2.17. The number of morpholine rings is 1. The van der Waals surface area contributed by atoms with Gasteiger partial charge in [-0.25, -0.2) is 0 Å². The van der Waals surface area contributed by atoms with Crippen LogP contribution in [0, 0.1) is 0 Å². The van der Waals surface area contributed by atoms with Gasteiger partial charge in [-0.2, -0.15) is 0 Å². The third kappa shape index (κ3) is 3.91. The maximum atomic E-state index is 12.0. The lowest BCUT2D eigenvalue weighted by Crippen LogP contribution is -2.41. The Balaban J connectivity index is 2.00. The Kier molecular flexibility index (Phi) is 5.10. The molecule has 1 saturated heterocycles. The molecule has 0 spiro atoms. The number of carbonyl (C=O) groups is 2. The number of nitrogens with zero attached hydrogens (tertiary/aromatic N) is 2. The standard InChI is InChI=1S/C14H19N3O4/c1-15-14(20)11-2-3-12(18)17(10-11)5-4-13(19)16-6-8-21-9-7-16/h2-3,10H,4-9H2,1H3,(H,15,20). The van der Waals surface area contributed by atoms with E-state index in [0.717, 1.165) is 0 Å². The van der Waals surface area contributed by atoms with Gasteiger partial charge in [-0.15, -0.1) is 0 Å². The first-order chi connectivity index (χ1) is 10.1. The molecule has 2 amide bonds. The van der Waals surface area contributed by atoms with Gasteiger partial charge < -0.3 is 19.5 Å². The first-order valence-electron chi connectivity index (χ1n) is 6.90. The van der Waals surface area contributed by atoms with Crippen LogP contribution in [0.15, 0.2) is 23.1 Å². The first-order valence-corrected chi connectivity index (χ1v) is 6.90. The third-order valence-corrected chi connectivity index (χ3v) is 3.40. The van der Waals surface area contributed by atoms with E-state index in [1.54, 1.807) is 4.90 Å². The Morgan fingerprint density at radius 3 is 2.67 bits per heavy atom. The smallest absolute Gasteiger partial charge is 0.252 e. The summed E-state index contributed by atoms with van der Waals surface area (Å²) >= 11 is 0. The van der Waals surface area contributed by atoms with Crippen LogP contribution < -0.4 is 10.9 Å². The number of amides is 2. The van der Waals surface area contributed by atoms with Crippen LogP contribution in [-0.4, -0.2) is 54.6 Å². The van der Waals surface area contributed by atoms with Gasteiger partial charge in [0.2, 0.25) is 5.91 Å². The van der Waals surface area contributed by atoms with Gasteiger partial charge in [0, 0.05) is 45.4 Å². The van der Waals surface area contributed by atoms with Crippen LogP contribution in [0.4, 0.5) is 0 Å². The molecule has 114 valence electrons. The number of aromatic nitrogens is 1. The Morgan fingerprint density at radius 2 is 2.00 bits per heavy atom. The zero-order valence-electron chi connectivity index (χ0n) is 12.0. The molecule has 0 bridgehead atoms. The Labute approximate surface area is 122 Å². The van der Waals surface area contributed by atoms with Crippen molar-refractivity contribution in [1.82, 2.24) is 14.8 Å². The molecule has 1 aliphatic heterocycles. The highest BCUT2D eigenvalue weighted by molar-refractivity contribution is 5.93. The van der Waals surface area contributed by atoms with E-state index in [1.807, 2.05) is 0 Å². The summed E-state index contributed by atoms with van der Waals surface area (Å²) in [6.07, 6.45) is 1.71. The van der Waals surface area contributed by atoms with Crippen molar-refractivity contribution >= 4 is 11.8 Å². The van der Waals surface area contributed by atoms with Crippen LogP contribution >= 0.6 is 0 Å². The molecule has 0 aromatic carbocycles. The molecule has 0 unspecified atom stereocenters. The van der Waals surface area contributed by atoms with Crippen molar-refractivity contribution in [3.63, 3.8) is 0 Å². The van der Waals surface area contributed by atoms with E-state index in [9.17, 15) is 14.4 Å². The number of carbonyl (C=O) groups excluding carboxylic acids is 2. The predicted octanol–water partition coefficient (Wildman–Crippen LogP) is -0.543. The number of hydrogen-bond acceptors (Lipinski definition) is 4. The Morgan fingerprint density at radius 1 is 1.29 bits per heavy atom. The maximum Gasteiger partial charge on any atom is 0.252 e. The van der Waals surface area contributed by atoms with Crippen molar-refractivity contribution in [3.8, 4) is 0 Å². The van der Waals surface area contributed by atoms with Crippen LogP contribution in [0.1, 0.15) is 16.8 Å². The number of pyridine rings is 1. The van der Waals surface area contributed by atoms with E-state index in [2.05, 4.69) is 5.32 Å². The molecule has 0 aliphatic carbocycles. The van der Waals surface area contributed by atoms with Crippen molar-refractivity contribution in [1.29, 1.82) is 0 Å². The quantitative estimate of drug-likeness (QED) is 0.808. The third-order valence-electron chi connectivity index (χ3n) is 3.40. The molecule has 1 fully saturated rings. The van der Waals surface area contributed by atoms with Crippen LogP contribution in [-0.2, 0) is 16.1 Å². The molecule has 1 N–H and O–H groups in total. The van der Waals surface area contributed by atoms with Crippen molar-refractivity contribution in [3.05, 3.63) is 34.2 Å². The monoisotopic (exact) mass is 293 g/mol. The number of hydrogen-bond donors (Lipinski definition) is 1.